The van der Waals surface area contributed by atoms with Crippen LogP contribution in [0.1, 0.15) is 47.7 Å². The van der Waals surface area contributed by atoms with Gasteiger partial charge in [-0.1, -0.05) is 12.5 Å². The van der Waals surface area contributed by atoms with Gasteiger partial charge in [0, 0.05) is 12.6 Å². The van der Waals surface area contributed by atoms with Gasteiger partial charge in [-0.25, -0.2) is 0 Å². The van der Waals surface area contributed by atoms with E-state index in [9.17, 15) is 9.90 Å². The predicted octanol–water partition coefficient (Wildman–Crippen LogP) is 4.40. The number of phenols is 1. The molecule has 2 aliphatic rings. The van der Waals surface area contributed by atoms with Crippen LogP contribution in [0, 0.1) is 0 Å². The van der Waals surface area contributed by atoms with Crippen LogP contribution in [0.2, 0.25) is 0 Å². The molecule has 6 nitrogen and oxygen atoms in total. The summed E-state index contributed by atoms with van der Waals surface area (Å²) in [4.78, 5) is 15.3. The highest BCUT2D eigenvalue weighted by atomic mass is 16.5. The summed E-state index contributed by atoms with van der Waals surface area (Å²) in [6.07, 6.45) is 5.20. The highest BCUT2D eigenvalue weighted by Gasteiger charge is 2.32. The lowest BCUT2D eigenvalue weighted by Gasteiger charge is -2.33. The minimum absolute atomic E-state index is 0.159. The number of carbonyl (C=O) groups is 1. The van der Waals surface area contributed by atoms with Crippen molar-refractivity contribution in [1.29, 1.82) is 0 Å². The highest BCUT2D eigenvalue weighted by Crippen LogP contribution is 2.41. The number of likely N-dealkylation sites (tertiary alicyclic amines) is 1. The first-order valence-electron chi connectivity index (χ1n) is 10.3. The molecule has 6 heteroatoms. The van der Waals surface area contributed by atoms with Gasteiger partial charge in [0.2, 0.25) is 5.78 Å². The number of hydrogen-bond donors (Lipinski definition) is 1. The summed E-state index contributed by atoms with van der Waals surface area (Å²) in [6, 6.07) is 9.07. The number of rotatable bonds is 5. The lowest BCUT2D eigenvalue weighted by Crippen LogP contribution is -2.36. The molecule has 0 aliphatic carbocycles. The van der Waals surface area contributed by atoms with Crippen LogP contribution in [0.5, 0.6) is 23.0 Å². The van der Waals surface area contributed by atoms with Crippen molar-refractivity contribution in [3.05, 3.63) is 52.8 Å². The molecule has 0 saturated carbocycles. The van der Waals surface area contributed by atoms with E-state index in [1.54, 1.807) is 44.6 Å². The number of piperidine rings is 1. The number of nitrogens with zero attached hydrogens (tertiary/aromatic N) is 1. The quantitative estimate of drug-likeness (QED) is 0.739. The van der Waals surface area contributed by atoms with Crippen molar-refractivity contribution >= 4 is 11.9 Å². The van der Waals surface area contributed by atoms with Crippen molar-refractivity contribution in [1.82, 2.24) is 4.90 Å². The number of methoxy groups -OCH3 is 2. The summed E-state index contributed by atoms with van der Waals surface area (Å²) >= 11 is 0. The molecule has 0 amide bonds. The smallest absolute Gasteiger partial charge is 0.231 e. The molecule has 2 aliphatic heterocycles. The summed E-state index contributed by atoms with van der Waals surface area (Å²) in [5.74, 6) is 1.86. The number of ketones is 1. The molecule has 2 aromatic carbocycles. The Hall–Kier alpha value is -2.99. The number of hydrogen-bond acceptors (Lipinski definition) is 6. The molecular formula is C24H27NO5. The Kier molecular flexibility index (Phi) is 5.68. The normalized spacial score (nSPS) is 20.2. The molecule has 1 atom stereocenters. The van der Waals surface area contributed by atoms with Crippen LogP contribution in [0.3, 0.4) is 0 Å². The van der Waals surface area contributed by atoms with Gasteiger partial charge in [-0.05, 0) is 62.2 Å². The Labute approximate surface area is 176 Å². The molecule has 30 heavy (non-hydrogen) atoms. The highest BCUT2D eigenvalue weighted by molar-refractivity contribution is 6.15. The fraction of sp³-hybridized carbons (Fsp3) is 0.375. The van der Waals surface area contributed by atoms with Crippen LogP contribution >= 0.6 is 0 Å². The zero-order valence-electron chi connectivity index (χ0n) is 17.6. The average Bonchev–Trinajstić information content (AvgIpc) is 3.07. The molecule has 0 aromatic heterocycles. The predicted molar refractivity (Wildman–Crippen MR) is 114 cm³/mol. The van der Waals surface area contributed by atoms with Crippen LogP contribution in [-0.2, 0) is 6.54 Å². The standard InChI is InChI=1S/C24H27NO5/c1-15-6-4-5-11-25(15)14-18-19(26)9-8-17-23(27)22(30-24(17)18)13-16-7-10-20(28-2)21(12-16)29-3/h7-10,12-13,15,26H,4-6,11,14H2,1-3H3/b22-13-/t15-/m1/s1. The second-order valence-corrected chi connectivity index (χ2v) is 7.81. The van der Waals surface area contributed by atoms with Gasteiger partial charge in [0.1, 0.15) is 11.5 Å². The van der Waals surface area contributed by atoms with E-state index in [-0.39, 0.29) is 17.3 Å². The minimum atomic E-state index is -0.187. The number of allylic oxidation sites excluding steroid dienone is 1. The summed E-state index contributed by atoms with van der Waals surface area (Å²) < 4.78 is 16.6. The number of ether oxygens (including phenoxy) is 3. The Morgan fingerprint density at radius 2 is 1.97 bits per heavy atom. The first-order valence-corrected chi connectivity index (χ1v) is 10.3. The van der Waals surface area contributed by atoms with Crippen molar-refractivity contribution in [3.63, 3.8) is 0 Å². The Bertz CT molecular complexity index is 997. The molecule has 1 N–H and O–H groups in total. The number of carbonyl (C=O) groups excluding carboxylic acids is 1. The summed E-state index contributed by atoms with van der Waals surface area (Å²) in [6.45, 7) is 3.74. The van der Waals surface area contributed by atoms with Gasteiger partial charge >= 0.3 is 0 Å². The van der Waals surface area contributed by atoms with E-state index < -0.39 is 0 Å². The number of Topliss-reactive ketones (excluding diaryl/α,β-unsaturated/α-hetero) is 1. The topological polar surface area (TPSA) is 68.2 Å². The summed E-state index contributed by atoms with van der Waals surface area (Å²) in [5.41, 5.74) is 1.92. The SMILES string of the molecule is COc1ccc(/C=C2\Oc3c(ccc(O)c3CN3CCCC[C@H]3C)C2=O)cc1OC. The van der Waals surface area contributed by atoms with Crippen LogP contribution < -0.4 is 14.2 Å². The fourth-order valence-corrected chi connectivity index (χ4v) is 4.14. The maximum Gasteiger partial charge on any atom is 0.231 e. The third-order valence-corrected chi connectivity index (χ3v) is 5.92. The minimum Gasteiger partial charge on any atom is -0.507 e. The molecule has 1 saturated heterocycles. The van der Waals surface area contributed by atoms with Crippen molar-refractivity contribution in [2.45, 2.75) is 38.8 Å². The van der Waals surface area contributed by atoms with Gasteiger partial charge in [0.05, 0.1) is 25.3 Å². The first kappa shape index (κ1) is 20.3. The monoisotopic (exact) mass is 409 g/mol. The van der Waals surface area contributed by atoms with Crippen molar-refractivity contribution in [2.24, 2.45) is 0 Å². The van der Waals surface area contributed by atoms with E-state index in [2.05, 4.69) is 11.8 Å². The average molecular weight is 409 g/mol. The second-order valence-electron chi connectivity index (χ2n) is 7.81. The van der Waals surface area contributed by atoms with Gasteiger partial charge in [-0.2, -0.15) is 0 Å². The molecule has 0 unspecified atom stereocenters. The molecule has 0 spiro atoms. The fourth-order valence-electron chi connectivity index (χ4n) is 4.14. The van der Waals surface area contributed by atoms with Crippen LogP contribution in [0.25, 0.3) is 6.08 Å². The zero-order chi connectivity index (χ0) is 21.3. The van der Waals surface area contributed by atoms with Gasteiger partial charge in [0.25, 0.3) is 0 Å². The lowest BCUT2D eigenvalue weighted by atomic mass is 10.0. The summed E-state index contributed by atoms with van der Waals surface area (Å²) in [5, 5.41) is 10.5. The number of phenolic OH excluding ortho intramolecular Hbond substituents is 1. The molecular weight excluding hydrogens is 382 g/mol. The van der Waals surface area contributed by atoms with Crippen LogP contribution in [-0.4, -0.2) is 42.6 Å². The Morgan fingerprint density at radius 3 is 2.70 bits per heavy atom. The molecule has 2 aromatic rings. The molecule has 2 heterocycles. The van der Waals surface area contributed by atoms with Crippen molar-refractivity contribution < 1.29 is 24.1 Å². The number of benzene rings is 2. The Morgan fingerprint density at radius 1 is 1.17 bits per heavy atom. The van der Waals surface area contributed by atoms with E-state index >= 15 is 0 Å². The zero-order valence-corrected chi connectivity index (χ0v) is 17.6. The van der Waals surface area contributed by atoms with E-state index in [0.717, 1.165) is 24.9 Å². The number of fused-ring (bicyclic) bond motifs is 1. The van der Waals surface area contributed by atoms with Gasteiger partial charge in [0.15, 0.2) is 17.3 Å². The van der Waals surface area contributed by atoms with E-state index in [1.807, 2.05) is 6.07 Å². The van der Waals surface area contributed by atoms with Gasteiger partial charge < -0.3 is 19.3 Å². The molecule has 0 radical (unpaired) electrons. The second kappa shape index (κ2) is 8.40. The van der Waals surface area contributed by atoms with Gasteiger partial charge in [-0.15, -0.1) is 0 Å². The maximum atomic E-state index is 13.0. The van der Waals surface area contributed by atoms with E-state index in [4.69, 9.17) is 14.2 Å². The van der Waals surface area contributed by atoms with E-state index in [0.29, 0.717) is 41.0 Å². The molecule has 4 rings (SSSR count). The van der Waals surface area contributed by atoms with E-state index in [1.165, 1.54) is 6.42 Å². The lowest BCUT2D eigenvalue weighted by molar-refractivity contribution is 0.101. The van der Waals surface area contributed by atoms with Crippen molar-refractivity contribution in [3.8, 4) is 23.0 Å². The number of aromatic hydroxyl groups is 1. The largest absolute Gasteiger partial charge is 0.507 e. The molecule has 0 bridgehead atoms. The van der Waals surface area contributed by atoms with Crippen molar-refractivity contribution in [2.75, 3.05) is 20.8 Å². The third kappa shape index (κ3) is 3.75. The van der Waals surface area contributed by atoms with Crippen LogP contribution in [0.4, 0.5) is 0 Å². The Balaban J connectivity index is 1.65. The molecule has 1 fully saturated rings. The summed E-state index contributed by atoms with van der Waals surface area (Å²) in [7, 11) is 3.14. The molecule has 158 valence electrons. The maximum absolute atomic E-state index is 13.0. The van der Waals surface area contributed by atoms with Crippen LogP contribution in [0.15, 0.2) is 36.1 Å². The third-order valence-electron chi connectivity index (χ3n) is 5.92. The first-order chi connectivity index (χ1) is 14.5. The van der Waals surface area contributed by atoms with Gasteiger partial charge in [-0.3, -0.25) is 9.69 Å².